The summed E-state index contributed by atoms with van der Waals surface area (Å²) in [7, 11) is 0. The first-order chi connectivity index (χ1) is 14.9. The third-order valence-corrected chi connectivity index (χ3v) is 4.71. The summed E-state index contributed by atoms with van der Waals surface area (Å²) in [5.74, 6) is -0.948. The standard InChI is InChI=1S/C24H39N3O5/c1-16(2)20(25)21(28)27-19(9-7-8-14-26-23(30)32-24(4,5)6)22(29)31-15-18-12-10-17(3)11-13-18/h10-13,16,19-20H,7-9,14-15,25H2,1-6H3,(H,26,30)(H,27,28)/t19-,20-/m0/s1. The molecule has 0 spiro atoms. The van der Waals surface area contributed by atoms with Crippen LogP contribution in [0.2, 0.25) is 0 Å². The van der Waals surface area contributed by atoms with Crippen molar-refractivity contribution in [3.8, 4) is 0 Å². The molecule has 1 aromatic rings. The molecule has 180 valence electrons. The monoisotopic (exact) mass is 449 g/mol. The van der Waals surface area contributed by atoms with Gasteiger partial charge < -0.3 is 25.8 Å². The fraction of sp³-hybridized carbons (Fsp3) is 0.625. The molecule has 0 aliphatic rings. The van der Waals surface area contributed by atoms with Gasteiger partial charge in [0.2, 0.25) is 5.91 Å². The molecular formula is C24H39N3O5. The molecule has 0 fully saturated rings. The summed E-state index contributed by atoms with van der Waals surface area (Å²) < 4.78 is 10.6. The molecule has 0 aliphatic heterocycles. The van der Waals surface area contributed by atoms with Crippen molar-refractivity contribution in [3.63, 3.8) is 0 Å². The molecule has 0 aromatic heterocycles. The number of esters is 1. The number of alkyl carbamates (subject to hydrolysis) is 1. The molecule has 0 heterocycles. The topological polar surface area (TPSA) is 120 Å². The predicted octanol–water partition coefficient (Wildman–Crippen LogP) is 3.20. The lowest BCUT2D eigenvalue weighted by Crippen LogP contribution is -2.50. The van der Waals surface area contributed by atoms with E-state index in [4.69, 9.17) is 15.2 Å². The summed E-state index contributed by atoms with van der Waals surface area (Å²) >= 11 is 0. The average Bonchev–Trinajstić information content (AvgIpc) is 2.69. The van der Waals surface area contributed by atoms with Gasteiger partial charge in [-0.25, -0.2) is 9.59 Å². The number of nitrogens with two attached hydrogens (primary N) is 1. The van der Waals surface area contributed by atoms with Gasteiger partial charge in [0, 0.05) is 6.54 Å². The zero-order valence-corrected chi connectivity index (χ0v) is 20.2. The van der Waals surface area contributed by atoms with Gasteiger partial charge in [0.25, 0.3) is 0 Å². The molecule has 32 heavy (non-hydrogen) atoms. The van der Waals surface area contributed by atoms with Gasteiger partial charge in [0.15, 0.2) is 0 Å². The van der Waals surface area contributed by atoms with Crippen molar-refractivity contribution in [1.29, 1.82) is 0 Å². The van der Waals surface area contributed by atoms with E-state index in [1.165, 1.54) is 0 Å². The van der Waals surface area contributed by atoms with Crippen LogP contribution in [-0.4, -0.2) is 42.2 Å². The molecule has 8 nitrogen and oxygen atoms in total. The first-order valence-corrected chi connectivity index (χ1v) is 11.1. The molecule has 0 unspecified atom stereocenters. The minimum absolute atomic E-state index is 0.0581. The highest BCUT2D eigenvalue weighted by Crippen LogP contribution is 2.10. The Labute approximate surface area is 191 Å². The molecule has 0 saturated heterocycles. The summed E-state index contributed by atoms with van der Waals surface area (Å²) in [6, 6.07) is 6.17. The summed E-state index contributed by atoms with van der Waals surface area (Å²) in [6.45, 7) is 11.6. The van der Waals surface area contributed by atoms with Crippen LogP contribution >= 0.6 is 0 Å². The molecule has 0 saturated carbocycles. The van der Waals surface area contributed by atoms with E-state index in [1.54, 1.807) is 20.8 Å². The molecule has 2 amide bonds. The third kappa shape index (κ3) is 11.1. The maximum absolute atomic E-state index is 12.7. The number of benzene rings is 1. The molecular weight excluding hydrogens is 410 g/mol. The molecule has 1 aromatic carbocycles. The van der Waals surface area contributed by atoms with Crippen LogP contribution in [-0.2, 0) is 25.7 Å². The smallest absolute Gasteiger partial charge is 0.407 e. The van der Waals surface area contributed by atoms with E-state index >= 15 is 0 Å². The maximum Gasteiger partial charge on any atom is 0.407 e. The van der Waals surface area contributed by atoms with E-state index in [1.807, 2.05) is 45.0 Å². The number of carbonyl (C=O) groups is 3. The number of amides is 2. The molecule has 4 N–H and O–H groups in total. The Hall–Kier alpha value is -2.61. The number of unbranched alkanes of at least 4 members (excludes halogenated alkanes) is 1. The van der Waals surface area contributed by atoms with Crippen LogP contribution in [0.3, 0.4) is 0 Å². The van der Waals surface area contributed by atoms with Gasteiger partial charge in [-0.15, -0.1) is 0 Å². The highest BCUT2D eigenvalue weighted by Gasteiger charge is 2.26. The number of carbonyl (C=O) groups excluding carboxylic acids is 3. The van der Waals surface area contributed by atoms with Crippen molar-refractivity contribution < 1.29 is 23.9 Å². The number of rotatable bonds is 11. The van der Waals surface area contributed by atoms with Gasteiger partial charge in [-0.3, -0.25) is 4.79 Å². The summed E-state index contributed by atoms with van der Waals surface area (Å²) in [5, 5.41) is 5.41. The Bertz CT molecular complexity index is 741. The number of nitrogens with one attached hydrogen (secondary N) is 2. The van der Waals surface area contributed by atoms with Crippen molar-refractivity contribution >= 4 is 18.0 Å². The van der Waals surface area contributed by atoms with Crippen molar-refractivity contribution in [2.45, 2.75) is 85.1 Å². The average molecular weight is 450 g/mol. The highest BCUT2D eigenvalue weighted by molar-refractivity contribution is 5.87. The van der Waals surface area contributed by atoms with Gasteiger partial charge in [0.05, 0.1) is 6.04 Å². The van der Waals surface area contributed by atoms with Gasteiger partial charge in [-0.05, 0) is 58.4 Å². The fourth-order valence-corrected chi connectivity index (χ4v) is 2.74. The van der Waals surface area contributed by atoms with Gasteiger partial charge >= 0.3 is 12.1 Å². The van der Waals surface area contributed by atoms with Crippen LogP contribution < -0.4 is 16.4 Å². The lowest BCUT2D eigenvalue weighted by atomic mass is 10.0. The lowest BCUT2D eigenvalue weighted by Gasteiger charge is -2.22. The first kappa shape index (κ1) is 27.4. The number of hydrogen-bond donors (Lipinski definition) is 3. The normalized spacial score (nSPS) is 13.2. The Morgan fingerprint density at radius 2 is 1.69 bits per heavy atom. The fourth-order valence-electron chi connectivity index (χ4n) is 2.74. The number of hydrogen-bond acceptors (Lipinski definition) is 6. The van der Waals surface area contributed by atoms with E-state index in [0.29, 0.717) is 25.8 Å². The van der Waals surface area contributed by atoms with Gasteiger partial charge in [-0.2, -0.15) is 0 Å². The SMILES string of the molecule is Cc1ccc(COC(=O)[C@H](CCCCNC(=O)OC(C)(C)C)NC(=O)[C@@H](N)C(C)C)cc1. The van der Waals surface area contributed by atoms with Crippen LogP contribution in [0.1, 0.15) is 65.0 Å². The zero-order valence-electron chi connectivity index (χ0n) is 20.2. The van der Waals surface area contributed by atoms with Gasteiger partial charge in [0.1, 0.15) is 18.2 Å². The minimum atomic E-state index is -0.806. The van der Waals surface area contributed by atoms with Crippen LogP contribution in [0.5, 0.6) is 0 Å². The lowest BCUT2D eigenvalue weighted by molar-refractivity contribution is -0.149. The minimum Gasteiger partial charge on any atom is -0.459 e. The maximum atomic E-state index is 12.7. The van der Waals surface area contributed by atoms with Crippen molar-refractivity contribution in [2.24, 2.45) is 11.7 Å². The second-order valence-corrected chi connectivity index (χ2v) is 9.35. The molecule has 0 radical (unpaired) electrons. The van der Waals surface area contributed by atoms with E-state index < -0.39 is 29.7 Å². The summed E-state index contributed by atoms with van der Waals surface area (Å²) in [5.41, 5.74) is 7.35. The third-order valence-electron chi connectivity index (χ3n) is 4.71. The van der Waals surface area contributed by atoms with E-state index in [2.05, 4.69) is 10.6 Å². The summed E-state index contributed by atoms with van der Waals surface area (Å²) in [4.78, 5) is 36.8. The Morgan fingerprint density at radius 1 is 1.06 bits per heavy atom. The number of ether oxygens (including phenoxy) is 2. The van der Waals surface area contributed by atoms with Crippen molar-refractivity contribution in [2.75, 3.05) is 6.54 Å². The zero-order chi connectivity index (χ0) is 24.3. The number of aryl methyl sites for hydroxylation is 1. The van der Waals surface area contributed by atoms with Crippen molar-refractivity contribution in [3.05, 3.63) is 35.4 Å². The largest absolute Gasteiger partial charge is 0.459 e. The van der Waals surface area contributed by atoms with Crippen LogP contribution in [0.15, 0.2) is 24.3 Å². The highest BCUT2D eigenvalue weighted by atomic mass is 16.6. The van der Waals surface area contributed by atoms with Crippen molar-refractivity contribution in [1.82, 2.24) is 10.6 Å². The Kier molecular flexibility index (Phi) is 11.2. The summed E-state index contributed by atoms with van der Waals surface area (Å²) in [6.07, 6.45) is 1.10. The first-order valence-electron chi connectivity index (χ1n) is 11.1. The molecule has 2 atom stereocenters. The van der Waals surface area contributed by atoms with Crippen LogP contribution in [0.4, 0.5) is 4.79 Å². The molecule has 1 rings (SSSR count). The quantitative estimate of drug-likeness (QED) is 0.352. The predicted molar refractivity (Wildman–Crippen MR) is 124 cm³/mol. The molecule has 0 bridgehead atoms. The van der Waals surface area contributed by atoms with E-state index in [9.17, 15) is 14.4 Å². The van der Waals surface area contributed by atoms with E-state index in [-0.39, 0.29) is 18.4 Å². The molecule has 8 heteroatoms. The molecule has 0 aliphatic carbocycles. The van der Waals surface area contributed by atoms with Gasteiger partial charge in [-0.1, -0.05) is 43.7 Å². The van der Waals surface area contributed by atoms with E-state index in [0.717, 1.165) is 11.1 Å². The van der Waals surface area contributed by atoms with Crippen LogP contribution in [0, 0.1) is 12.8 Å². The Morgan fingerprint density at radius 3 is 2.25 bits per heavy atom. The Balaban J connectivity index is 2.59. The second kappa shape index (κ2) is 13.1. The van der Waals surface area contributed by atoms with Crippen LogP contribution in [0.25, 0.3) is 0 Å². The second-order valence-electron chi connectivity index (χ2n) is 9.35.